The van der Waals surface area contributed by atoms with Crippen LogP contribution in [0.1, 0.15) is 44.2 Å². The first kappa shape index (κ1) is 17.9. The van der Waals surface area contributed by atoms with E-state index in [9.17, 15) is 4.79 Å². The number of carbonyl (C=O) groups is 1. The molecule has 138 valence electrons. The van der Waals surface area contributed by atoms with Crippen LogP contribution in [0.15, 0.2) is 18.2 Å². The van der Waals surface area contributed by atoms with E-state index in [-0.39, 0.29) is 24.2 Å². The van der Waals surface area contributed by atoms with Gasteiger partial charge in [0.1, 0.15) is 11.5 Å². The molecule has 2 amide bonds. The van der Waals surface area contributed by atoms with Crippen molar-refractivity contribution in [2.24, 2.45) is 0 Å². The van der Waals surface area contributed by atoms with Crippen LogP contribution in [0, 0.1) is 0 Å². The molecule has 0 bridgehead atoms. The Balaban J connectivity index is 1.74. The summed E-state index contributed by atoms with van der Waals surface area (Å²) in [5.74, 6) is 1.56. The number of methoxy groups -OCH3 is 2. The standard InChI is InChI=1S/C19H28N2O4/c1-13(17-7-5-11-25-17)20-19(22)21-10-4-6-16(21)15-12-14(23-2)8-9-18(15)24-3/h8-9,12-13,16-17H,4-7,10-11H2,1-3H3,(H,20,22). The molecule has 2 heterocycles. The summed E-state index contributed by atoms with van der Waals surface area (Å²) >= 11 is 0. The molecule has 3 unspecified atom stereocenters. The second-order valence-corrected chi connectivity index (χ2v) is 6.75. The normalized spacial score (nSPS) is 24.2. The van der Waals surface area contributed by atoms with Crippen molar-refractivity contribution >= 4 is 6.03 Å². The van der Waals surface area contributed by atoms with Crippen LogP contribution in [0.3, 0.4) is 0 Å². The highest BCUT2D eigenvalue weighted by Gasteiger charge is 2.34. The van der Waals surface area contributed by atoms with Gasteiger partial charge in [-0.15, -0.1) is 0 Å². The van der Waals surface area contributed by atoms with Crippen molar-refractivity contribution in [3.63, 3.8) is 0 Å². The summed E-state index contributed by atoms with van der Waals surface area (Å²) in [7, 11) is 3.30. The second-order valence-electron chi connectivity index (χ2n) is 6.75. The molecule has 3 atom stereocenters. The molecule has 2 fully saturated rings. The monoisotopic (exact) mass is 348 g/mol. The minimum atomic E-state index is -0.0321. The smallest absolute Gasteiger partial charge is 0.318 e. The van der Waals surface area contributed by atoms with Crippen molar-refractivity contribution in [2.45, 2.75) is 50.8 Å². The van der Waals surface area contributed by atoms with Gasteiger partial charge < -0.3 is 24.4 Å². The van der Waals surface area contributed by atoms with E-state index < -0.39 is 0 Å². The molecule has 1 N–H and O–H groups in total. The van der Waals surface area contributed by atoms with Gasteiger partial charge in [0.05, 0.1) is 32.4 Å². The molecule has 1 aromatic rings. The van der Waals surface area contributed by atoms with Gasteiger partial charge in [-0.05, 0) is 50.8 Å². The molecule has 2 aliphatic heterocycles. The zero-order valence-corrected chi connectivity index (χ0v) is 15.3. The van der Waals surface area contributed by atoms with E-state index in [1.54, 1.807) is 14.2 Å². The van der Waals surface area contributed by atoms with Gasteiger partial charge in [-0.3, -0.25) is 0 Å². The number of nitrogens with zero attached hydrogens (tertiary/aromatic N) is 1. The summed E-state index contributed by atoms with van der Waals surface area (Å²) in [6.45, 7) is 3.55. The first-order chi connectivity index (χ1) is 12.1. The fourth-order valence-corrected chi connectivity index (χ4v) is 3.80. The molecular weight excluding hydrogens is 320 g/mol. The molecule has 25 heavy (non-hydrogen) atoms. The molecule has 0 saturated carbocycles. The van der Waals surface area contributed by atoms with Crippen LogP contribution < -0.4 is 14.8 Å². The van der Waals surface area contributed by atoms with Gasteiger partial charge in [-0.2, -0.15) is 0 Å². The predicted octanol–water partition coefficient (Wildman–Crippen LogP) is 3.12. The van der Waals surface area contributed by atoms with Gasteiger partial charge >= 0.3 is 6.03 Å². The molecule has 0 spiro atoms. The fourth-order valence-electron chi connectivity index (χ4n) is 3.80. The van der Waals surface area contributed by atoms with Crippen molar-refractivity contribution in [1.29, 1.82) is 0 Å². The zero-order valence-electron chi connectivity index (χ0n) is 15.3. The van der Waals surface area contributed by atoms with Gasteiger partial charge in [0, 0.05) is 18.7 Å². The summed E-state index contributed by atoms with van der Waals surface area (Å²) in [6.07, 6.45) is 4.10. The Labute approximate surface area is 149 Å². The second kappa shape index (κ2) is 7.95. The summed E-state index contributed by atoms with van der Waals surface area (Å²) < 4.78 is 16.6. The largest absolute Gasteiger partial charge is 0.497 e. The van der Waals surface area contributed by atoms with E-state index in [1.807, 2.05) is 30.0 Å². The number of urea groups is 1. The Morgan fingerprint density at radius 3 is 2.80 bits per heavy atom. The lowest BCUT2D eigenvalue weighted by molar-refractivity contribution is 0.0829. The Morgan fingerprint density at radius 2 is 2.12 bits per heavy atom. The fraction of sp³-hybridized carbons (Fsp3) is 0.632. The van der Waals surface area contributed by atoms with Gasteiger partial charge in [0.25, 0.3) is 0 Å². The van der Waals surface area contributed by atoms with Crippen LogP contribution in [-0.4, -0.2) is 50.4 Å². The number of amides is 2. The maximum Gasteiger partial charge on any atom is 0.318 e. The maximum atomic E-state index is 12.8. The van der Waals surface area contributed by atoms with Crippen molar-refractivity contribution in [3.05, 3.63) is 23.8 Å². The Morgan fingerprint density at radius 1 is 1.28 bits per heavy atom. The van der Waals surface area contributed by atoms with Gasteiger partial charge in [-0.1, -0.05) is 0 Å². The molecule has 3 rings (SSSR count). The number of benzene rings is 1. The van der Waals surface area contributed by atoms with E-state index in [1.165, 1.54) is 0 Å². The van der Waals surface area contributed by atoms with Crippen LogP contribution in [0.2, 0.25) is 0 Å². The SMILES string of the molecule is COc1ccc(OC)c(C2CCCN2C(=O)NC(C)C2CCCO2)c1. The Hall–Kier alpha value is -1.95. The molecule has 1 aromatic carbocycles. The van der Waals surface area contributed by atoms with Gasteiger partial charge in [0.2, 0.25) is 0 Å². The summed E-state index contributed by atoms with van der Waals surface area (Å²) in [5.41, 5.74) is 0.999. The minimum absolute atomic E-state index is 0.00162. The number of carbonyl (C=O) groups excluding carboxylic acids is 1. The minimum Gasteiger partial charge on any atom is -0.497 e. The maximum absolute atomic E-state index is 12.8. The molecule has 2 saturated heterocycles. The van der Waals surface area contributed by atoms with E-state index in [4.69, 9.17) is 14.2 Å². The topological polar surface area (TPSA) is 60.0 Å². The lowest BCUT2D eigenvalue weighted by atomic mass is 10.0. The highest BCUT2D eigenvalue weighted by molar-refractivity contribution is 5.75. The van der Waals surface area contributed by atoms with E-state index in [0.717, 1.165) is 55.9 Å². The number of nitrogens with one attached hydrogen (secondary N) is 1. The first-order valence-electron chi connectivity index (χ1n) is 9.04. The van der Waals surface area contributed by atoms with E-state index in [2.05, 4.69) is 5.32 Å². The van der Waals surface area contributed by atoms with Gasteiger partial charge in [0.15, 0.2) is 0 Å². The number of likely N-dealkylation sites (tertiary alicyclic amines) is 1. The Kier molecular flexibility index (Phi) is 5.68. The van der Waals surface area contributed by atoms with E-state index >= 15 is 0 Å². The number of hydrogen-bond donors (Lipinski definition) is 1. The molecular formula is C19H28N2O4. The summed E-state index contributed by atoms with van der Waals surface area (Å²) in [4.78, 5) is 14.7. The average molecular weight is 348 g/mol. The lowest BCUT2D eigenvalue weighted by Gasteiger charge is -2.29. The van der Waals surface area contributed by atoms with Crippen molar-refractivity contribution < 1.29 is 19.0 Å². The lowest BCUT2D eigenvalue weighted by Crippen LogP contribution is -2.47. The third kappa shape index (κ3) is 3.84. The molecule has 2 aliphatic rings. The van der Waals surface area contributed by atoms with E-state index in [0.29, 0.717) is 0 Å². The van der Waals surface area contributed by atoms with Crippen LogP contribution in [0.4, 0.5) is 4.79 Å². The van der Waals surface area contributed by atoms with Crippen molar-refractivity contribution in [3.8, 4) is 11.5 Å². The third-order valence-electron chi connectivity index (χ3n) is 5.18. The number of hydrogen-bond acceptors (Lipinski definition) is 4. The van der Waals surface area contributed by atoms with Crippen LogP contribution in [0.25, 0.3) is 0 Å². The molecule has 0 radical (unpaired) electrons. The quantitative estimate of drug-likeness (QED) is 0.888. The third-order valence-corrected chi connectivity index (χ3v) is 5.18. The van der Waals surface area contributed by atoms with Crippen molar-refractivity contribution in [1.82, 2.24) is 10.2 Å². The highest BCUT2D eigenvalue weighted by Crippen LogP contribution is 2.38. The molecule has 6 heteroatoms. The average Bonchev–Trinajstić information content (AvgIpc) is 3.32. The van der Waals surface area contributed by atoms with Crippen LogP contribution in [-0.2, 0) is 4.74 Å². The first-order valence-corrected chi connectivity index (χ1v) is 9.04. The number of rotatable bonds is 5. The van der Waals surface area contributed by atoms with Crippen LogP contribution >= 0.6 is 0 Å². The molecule has 6 nitrogen and oxygen atoms in total. The van der Waals surface area contributed by atoms with Crippen LogP contribution in [0.5, 0.6) is 11.5 Å². The number of ether oxygens (including phenoxy) is 3. The Bertz CT molecular complexity index is 601. The molecule has 0 aromatic heterocycles. The molecule has 0 aliphatic carbocycles. The summed E-state index contributed by atoms with van der Waals surface area (Å²) in [5, 5.41) is 3.12. The van der Waals surface area contributed by atoms with Gasteiger partial charge in [-0.25, -0.2) is 4.79 Å². The summed E-state index contributed by atoms with van der Waals surface area (Å²) in [6, 6.07) is 5.73. The highest BCUT2D eigenvalue weighted by atomic mass is 16.5. The van der Waals surface area contributed by atoms with Crippen molar-refractivity contribution in [2.75, 3.05) is 27.4 Å². The zero-order chi connectivity index (χ0) is 17.8. The predicted molar refractivity (Wildman–Crippen MR) is 95.2 cm³/mol.